The number of hydrogen-bond donors (Lipinski definition) is 3. The summed E-state index contributed by atoms with van der Waals surface area (Å²) in [5, 5.41) is 23.0. The number of aliphatic imine (C=N–C) groups is 1. The van der Waals surface area contributed by atoms with Crippen molar-refractivity contribution in [2.45, 2.75) is 89.4 Å². The largest absolute Gasteiger partial charge is 0.384 e. The average Bonchev–Trinajstić information content (AvgIpc) is 3.72. The van der Waals surface area contributed by atoms with E-state index in [2.05, 4.69) is 25.6 Å². The number of rotatable bonds is 10. The van der Waals surface area contributed by atoms with Crippen LogP contribution in [0.5, 0.6) is 0 Å². The highest BCUT2D eigenvalue weighted by molar-refractivity contribution is 6.41. The number of aromatic nitrogens is 4. The van der Waals surface area contributed by atoms with E-state index in [1.807, 2.05) is 0 Å². The zero-order valence-electron chi connectivity index (χ0n) is 26.8. The highest BCUT2D eigenvalue weighted by atomic mass is 16.3. The van der Waals surface area contributed by atoms with Crippen LogP contribution in [0.2, 0.25) is 0 Å². The molecule has 0 spiro atoms. The number of nitrogens with one attached hydrogen (secondary N) is 1. The van der Waals surface area contributed by atoms with E-state index in [9.17, 15) is 29.1 Å². The van der Waals surface area contributed by atoms with E-state index in [-0.39, 0.29) is 31.0 Å². The monoisotopic (exact) mass is 644 g/mol. The lowest BCUT2D eigenvalue weighted by Crippen LogP contribution is -2.52. The summed E-state index contributed by atoms with van der Waals surface area (Å²) in [5.74, 6) is -3.89. The van der Waals surface area contributed by atoms with Crippen molar-refractivity contribution in [2.75, 3.05) is 6.54 Å². The Bertz CT molecular complexity index is 1720. The number of nitrogens with zero attached hydrogens (tertiary/aromatic N) is 6. The second kappa shape index (κ2) is 13.9. The van der Waals surface area contributed by atoms with Crippen LogP contribution in [0.25, 0.3) is 10.8 Å². The van der Waals surface area contributed by atoms with Crippen molar-refractivity contribution < 1.29 is 29.1 Å². The van der Waals surface area contributed by atoms with Gasteiger partial charge in [-0.05, 0) is 56.7 Å². The fourth-order valence-electron chi connectivity index (χ4n) is 6.42. The summed E-state index contributed by atoms with van der Waals surface area (Å²) < 4.78 is 1.48. The summed E-state index contributed by atoms with van der Waals surface area (Å²) in [6, 6.07) is 3.97. The number of carbonyl (C=O) groups excluding carboxylic acids is 5. The molecule has 2 aliphatic rings. The van der Waals surface area contributed by atoms with Crippen LogP contribution in [0.15, 0.2) is 47.8 Å². The lowest BCUT2D eigenvalue weighted by atomic mass is 9.85. The average molecular weight is 645 g/mol. The smallest absolute Gasteiger partial charge is 0.287 e. The van der Waals surface area contributed by atoms with Crippen molar-refractivity contribution in [1.29, 1.82) is 0 Å². The Hall–Kier alpha value is -4.85. The minimum atomic E-state index is -1.32. The standard InChI is InChI=1S/C33H40N8O6/c1-19(28(42)29(34)43)37-31(45)26-15-24(41-27(17-36-39-41)33(2,3)47)18-40(26)32(46)25(13-20-7-5-4-6-8-20)38-30(44)22-9-10-23-16-35-12-11-21(23)14-22/h9-12,14,16-17,19-20,24,26,47H,4-8,13,15,18H2,1-3H3,(H2,34,43)(H,37,45)/b38-25+/t19?,24-,26-/m0/s1. The van der Waals surface area contributed by atoms with Gasteiger partial charge < -0.3 is 21.1 Å². The van der Waals surface area contributed by atoms with Crippen LogP contribution in [-0.2, 0) is 24.8 Å². The molecule has 1 saturated carbocycles. The van der Waals surface area contributed by atoms with Gasteiger partial charge in [-0.25, -0.2) is 9.67 Å². The molecule has 47 heavy (non-hydrogen) atoms. The number of primary amides is 1. The summed E-state index contributed by atoms with van der Waals surface area (Å²) in [7, 11) is 0. The molecule has 2 aromatic heterocycles. The first kappa shape index (κ1) is 33.5. The molecule has 248 valence electrons. The Morgan fingerprint density at radius 2 is 1.83 bits per heavy atom. The maximum absolute atomic E-state index is 14.5. The molecule has 1 unspecified atom stereocenters. The van der Waals surface area contributed by atoms with Crippen LogP contribution in [0, 0.1) is 5.92 Å². The molecular weight excluding hydrogens is 604 g/mol. The molecule has 5 rings (SSSR count). The van der Waals surface area contributed by atoms with Gasteiger partial charge in [-0.2, -0.15) is 0 Å². The number of amides is 4. The summed E-state index contributed by atoms with van der Waals surface area (Å²) in [6.07, 6.45) is 9.94. The topological polar surface area (TPSA) is 203 Å². The van der Waals surface area contributed by atoms with Gasteiger partial charge in [0.05, 0.1) is 24.0 Å². The fourth-order valence-corrected chi connectivity index (χ4v) is 6.42. The number of pyridine rings is 1. The number of hydrogen-bond acceptors (Lipinski definition) is 9. The van der Waals surface area contributed by atoms with Crippen LogP contribution in [0.4, 0.5) is 0 Å². The van der Waals surface area contributed by atoms with Gasteiger partial charge in [0, 0.05) is 36.3 Å². The van der Waals surface area contributed by atoms with Gasteiger partial charge in [0.1, 0.15) is 17.4 Å². The third-order valence-corrected chi connectivity index (χ3v) is 8.96. The molecule has 1 aromatic carbocycles. The number of benzene rings is 1. The second-order valence-corrected chi connectivity index (χ2v) is 13.0. The van der Waals surface area contributed by atoms with E-state index in [4.69, 9.17) is 5.73 Å². The zero-order chi connectivity index (χ0) is 33.9. The highest BCUT2D eigenvalue weighted by Gasteiger charge is 2.44. The molecular formula is C33H40N8O6. The lowest BCUT2D eigenvalue weighted by Gasteiger charge is -2.27. The fraction of sp³-hybridized carbons (Fsp3) is 0.485. The van der Waals surface area contributed by atoms with Gasteiger partial charge >= 0.3 is 0 Å². The number of Topliss-reactive ketones (excluding diaryl/α,β-unsaturated/α-hetero) is 1. The van der Waals surface area contributed by atoms with Gasteiger partial charge in [-0.3, -0.25) is 29.0 Å². The minimum Gasteiger partial charge on any atom is -0.384 e. The first-order valence-electron chi connectivity index (χ1n) is 15.9. The number of fused-ring (bicyclic) bond motifs is 1. The number of ketones is 1. The molecule has 4 N–H and O–H groups in total. The molecule has 2 fully saturated rings. The number of likely N-dealkylation sites (tertiary alicyclic amines) is 1. The molecule has 3 heterocycles. The first-order chi connectivity index (χ1) is 22.3. The normalized spacial score (nSPS) is 19.8. The zero-order valence-corrected chi connectivity index (χ0v) is 26.8. The lowest BCUT2D eigenvalue weighted by molar-refractivity contribution is -0.139. The van der Waals surface area contributed by atoms with Gasteiger partial charge in [0.25, 0.3) is 17.7 Å². The van der Waals surface area contributed by atoms with Crippen molar-refractivity contribution >= 4 is 45.9 Å². The quantitative estimate of drug-likeness (QED) is 0.218. The summed E-state index contributed by atoms with van der Waals surface area (Å²) in [6.45, 7) is 4.47. The van der Waals surface area contributed by atoms with Crippen LogP contribution >= 0.6 is 0 Å². The van der Waals surface area contributed by atoms with Gasteiger partial charge in [-0.1, -0.05) is 43.4 Å². The van der Waals surface area contributed by atoms with Gasteiger partial charge in [-0.15, -0.1) is 5.10 Å². The number of carbonyl (C=O) groups is 5. The van der Waals surface area contributed by atoms with Gasteiger partial charge in [0.15, 0.2) is 0 Å². The third-order valence-electron chi connectivity index (χ3n) is 8.96. The van der Waals surface area contributed by atoms with Crippen molar-refractivity contribution in [2.24, 2.45) is 16.6 Å². The predicted molar refractivity (Wildman–Crippen MR) is 171 cm³/mol. The van der Waals surface area contributed by atoms with Crippen molar-refractivity contribution in [3.05, 3.63) is 54.1 Å². The molecule has 14 heteroatoms. The van der Waals surface area contributed by atoms with Crippen LogP contribution in [0.1, 0.15) is 87.8 Å². The molecule has 0 radical (unpaired) electrons. The Morgan fingerprint density at radius 1 is 1.09 bits per heavy atom. The minimum absolute atomic E-state index is 0.0115. The SMILES string of the molecule is CC(NC(=O)[C@@H]1C[C@H](n2nncc2C(C)(C)O)CN1C(=O)/C(CC1CCCCC1)=N/C(=O)c1ccc2cnccc2c1)C(=O)C(N)=O. The second-order valence-electron chi connectivity index (χ2n) is 13.0. The Kier molecular flexibility index (Phi) is 9.89. The van der Waals surface area contributed by atoms with E-state index in [1.54, 1.807) is 50.5 Å². The van der Waals surface area contributed by atoms with E-state index >= 15 is 0 Å². The highest BCUT2D eigenvalue weighted by Crippen LogP contribution is 2.33. The molecule has 0 bridgehead atoms. The molecule has 1 aliphatic heterocycles. The summed E-state index contributed by atoms with van der Waals surface area (Å²) in [4.78, 5) is 75.2. The van der Waals surface area contributed by atoms with Crippen molar-refractivity contribution in [3.63, 3.8) is 0 Å². The van der Waals surface area contributed by atoms with Crippen LogP contribution in [-0.4, -0.2) is 83.7 Å². The molecule has 1 aliphatic carbocycles. The van der Waals surface area contributed by atoms with E-state index < -0.39 is 53.1 Å². The first-order valence-corrected chi connectivity index (χ1v) is 15.9. The Morgan fingerprint density at radius 3 is 2.53 bits per heavy atom. The van der Waals surface area contributed by atoms with Gasteiger partial charge in [0.2, 0.25) is 11.7 Å². The van der Waals surface area contributed by atoms with E-state index in [0.29, 0.717) is 11.3 Å². The van der Waals surface area contributed by atoms with E-state index in [0.717, 1.165) is 42.9 Å². The molecule has 3 aromatic rings. The summed E-state index contributed by atoms with van der Waals surface area (Å²) in [5.41, 5.74) is 4.55. The Balaban J connectivity index is 1.50. The number of aliphatic hydroxyl groups is 1. The number of nitrogens with two attached hydrogens (primary N) is 1. The van der Waals surface area contributed by atoms with Crippen molar-refractivity contribution in [1.82, 2.24) is 30.2 Å². The Labute approximate surface area is 271 Å². The van der Waals surface area contributed by atoms with Crippen molar-refractivity contribution in [3.8, 4) is 0 Å². The predicted octanol–water partition coefficient (Wildman–Crippen LogP) is 2.01. The molecule has 14 nitrogen and oxygen atoms in total. The van der Waals surface area contributed by atoms with E-state index in [1.165, 1.54) is 22.7 Å². The molecule has 4 amide bonds. The summed E-state index contributed by atoms with van der Waals surface area (Å²) >= 11 is 0. The molecule has 1 saturated heterocycles. The maximum Gasteiger partial charge on any atom is 0.287 e. The van der Waals surface area contributed by atoms with Crippen LogP contribution < -0.4 is 11.1 Å². The molecule has 3 atom stereocenters. The van der Waals surface area contributed by atoms with Crippen LogP contribution in [0.3, 0.4) is 0 Å². The third kappa shape index (κ3) is 7.59. The maximum atomic E-state index is 14.5.